The second-order valence-corrected chi connectivity index (χ2v) is 4.59. The van der Waals surface area contributed by atoms with E-state index in [4.69, 9.17) is 11.6 Å². The van der Waals surface area contributed by atoms with Gasteiger partial charge in [0, 0.05) is 11.8 Å². The fourth-order valence-corrected chi connectivity index (χ4v) is 2.01. The molecule has 1 aromatic carbocycles. The lowest BCUT2D eigenvalue weighted by Gasteiger charge is -2.19. The van der Waals surface area contributed by atoms with Gasteiger partial charge in [-0.3, -0.25) is 4.98 Å². The zero-order chi connectivity index (χ0) is 14.7. The van der Waals surface area contributed by atoms with Crippen LogP contribution < -0.4 is 5.32 Å². The van der Waals surface area contributed by atoms with Gasteiger partial charge in [0.2, 0.25) is 0 Å². The predicted octanol–water partition coefficient (Wildman–Crippen LogP) is 3.85. The molecule has 1 heterocycles. The molecule has 106 valence electrons. The number of hydrogen-bond acceptors (Lipinski definition) is 2. The first-order chi connectivity index (χ1) is 9.54. The van der Waals surface area contributed by atoms with E-state index in [0.717, 1.165) is 6.07 Å². The zero-order valence-corrected chi connectivity index (χ0v) is 11.4. The van der Waals surface area contributed by atoms with Crippen LogP contribution in [0.1, 0.15) is 24.2 Å². The van der Waals surface area contributed by atoms with Crippen LogP contribution in [0.25, 0.3) is 0 Å². The Hall–Kier alpha value is -1.59. The molecule has 6 heteroatoms. The van der Waals surface area contributed by atoms with Crippen LogP contribution >= 0.6 is 11.6 Å². The number of aromatic nitrogens is 1. The highest BCUT2D eigenvalue weighted by Crippen LogP contribution is 2.26. The summed E-state index contributed by atoms with van der Waals surface area (Å²) in [5.41, 5.74) is 0.474. The van der Waals surface area contributed by atoms with Crippen LogP contribution in [0.2, 0.25) is 5.02 Å². The normalized spacial score (nSPS) is 12.4. The molecule has 2 nitrogen and oxygen atoms in total. The highest BCUT2D eigenvalue weighted by molar-refractivity contribution is 6.30. The van der Waals surface area contributed by atoms with Crippen LogP contribution in [-0.2, 0) is 0 Å². The molecule has 0 saturated heterocycles. The molecule has 0 saturated carbocycles. The number of nitrogens with one attached hydrogen (secondary N) is 1. The van der Waals surface area contributed by atoms with E-state index in [0.29, 0.717) is 17.3 Å². The molecule has 1 atom stereocenters. The van der Waals surface area contributed by atoms with Gasteiger partial charge in [0.05, 0.1) is 16.8 Å². The van der Waals surface area contributed by atoms with Crippen LogP contribution in [-0.4, -0.2) is 11.5 Å². The molecule has 1 aromatic heterocycles. The monoisotopic (exact) mass is 300 g/mol. The van der Waals surface area contributed by atoms with E-state index in [9.17, 15) is 13.2 Å². The molecule has 0 spiro atoms. The van der Waals surface area contributed by atoms with E-state index in [1.54, 1.807) is 12.1 Å². The molecule has 0 radical (unpaired) electrons. The minimum atomic E-state index is -1.49. The van der Waals surface area contributed by atoms with Gasteiger partial charge < -0.3 is 5.32 Å². The van der Waals surface area contributed by atoms with Gasteiger partial charge in [-0.2, -0.15) is 0 Å². The zero-order valence-electron chi connectivity index (χ0n) is 10.6. The molecule has 0 aliphatic carbocycles. The Morgan fingerprint density at radius 3 is 2.50 bits per heavy atom. The maximum atomic E-state index is 13.9. The summed E-state index contributed by atoms with van der Waals surface area (Å²) in [4.78, 5) is 4.09. The Kier molecular flexibility index (Phi) is 4.62. The van der Waals surface area contributed by atoms with Crippen molar-refractivity contribution in [2.24, 2.45) is 0 Å². The summed E-state index contributed by atoms with van der Waals surface area (Å²) in [6.45, 7) is 2.33. The molecular formula is C14H12ClF3N2. The van der Waals surface area contributed by atoms with Crippen LogP contribution in [0.5, 0.6) is 0 Å². The van der Waals surface area contributed by atoms with Crippen molar-refractivity contribution in [3.8, 4) is 0 Å². The smallest absolute Gasteiger partial charge is 0.194 e. The standard InChI is InChI=1S/C14H12ClF3N2/c1-2-19-14(11-6-3-8(15)7-20-11)9-4-5-10(16)13(18)12(9)17/h3-7,14,19H,2H2,1H3. The van der Waals surface area contributed by atoms with Crippen molar-refractivity contribution in [2.75, 3.05) is 6.54 Å². The van der Waals surface area contributed by atoms with Gasteiger partial charge in [-0.05, 0) is 24.7 Å². The maximum absolute atomic E-state index is 13.9. The Morgan fingerprint density at radius 2 is 1.90 bits per heavy atom. The number of nitrogens with zero attached hydrogens (tertiary/aromatic N) is 1. The minimum Gasteiger partial charge on any atom is -0.305 e. The molecule has 0 fully saturated rings. The lowest BCUT2D eigenvalue weighted by Crippen LogP contribution is -2.24. The number of hydrogen-bond donors (Lipinski definition) is 1. The van der Waals surface area contributed by atoms with Crippen molar-refractivity contribution in [3.63, 3.8) is 0 Å². The van der Waals surface area contributed by atoms with Crippen molar-refractivity contribution >= 4 is 11.6 Å². The van der Waals surface area contributed by atoms with Crippen molar-refractivity contribution in [2.45, 2.75) is 13.0 Å². The lowest BCUT2D eigenvalue weighted by molar-refractivity contribution is 0.432. The summed E-state index contributed by atoms with van der Waals surface area (Å²) < 4.78 is 40.2. The third-order valence-corrected chi connectivity index (χ3v) is 3.05. The molecule has 0 aliphatic heterocycles. The summed E-state index contributed by atoms with van der Waals surface area (Å²) in [5.74, 6) is -3.92. The van der Waals surface area contributed by atoms with Crippen LogP contribution in [0.3, 0.4) is 0 Å². The number of benzene rings is 1. The largest absolute Gasteiger partial charge is 0.305 e. The average Bonchev–Trinajstić information content (AvgIpc) is 2.44. The van der Waals surface area contributed by atoms with E-state index < -0.39 is 23.5 Å². The summed E-state index contributed by atoms with van der Waals surface area (Å²) in [5, 5.41) is 3.43. The van der Waals surface area contributed by atoms with E-state index in [-0.39, 0.29) is 5.56 Å². The van der Waals surface area contributed by atoms with E-state index >= 15 is 0 Å². The summed E-state index contributed by atoms with van der Waals surface area (Å²) >= 11 is 5.75. The molecule has 2 aromatic rings. The van der Waals surface area contributed by atoms with Crippen LogP contribution in [0.4, 0.5) is 13.2 Å². The summed E-state index contributed by atoms with van der Waals surface area (Å²) in [6.07, 6.45) is 1.42. The van der Waals surface area contributed by atoms with E-state index in [1.807, 2.05) is 6.92 Å². The van der Waals surface area contributed by atoms with Crippen molar-refractivity contribution in [1.82, 2.24) is 10.3 Å². The average molecular weight is 301 g/mol. The maximum Gasteiger partial charge on any atom is 0.194 e. The Morgan fingerprint density at radius 1 is 1.15 bits per heavy atom. The van der Waals surface area contributed by atoms with Crippen molar-refractivity contribution in [1.29, 1.82) is 0 Å². The lowest BCUT2D eigenvalue weighted by atomic mass is 10.0. The number of pyridine rings is 1. The Balaban J connectivity index is 2.48. The highest BCUT2D eigenvalue weighted by atomic mass is 35.5. The van der Waals surface area contributed by atoms with Crippen molar-refractivity contribution in [3.05, 3.63) is 64.2 Å². The molecule has 2 rings (SSSR count). The minimum absolute atomic E-state index is 0.000530. The SMILES string of the molecule is CCNC(c1ccc(Cl)cn1)c1ccc(F)c(F)c1F. The van der Waals surface area contributed by atoms with Crippen LogP contribution in [0.15, 0.2) is 30.5 Å². The van der Waals surface area contributed by atoms with Gasteiger partial charge in [-0.1, -0.05) is 24.6 Å². The first-order valence-electron chi connectivity index (χ1n) is 6.02. The predicted molar refractivity (Wildman–Crippen MR) is 71.1 cm³/mol. The third kappa shape index (κ3) is 2.94. The quantitative estimate of drug-likeness (QED) is 0.868. The molecule has 20 heavy (non-hydrogen) atoms. The molecule has 0 amide bonds. The van der Waals surface area contributed by atoms with Gasteiger partial charge >= 0.3 is 0 Å². The second-order valence-electron chi connectivity index (χ2n) is 4.16. The van der Waals surface area contributed by atoms with Gasteiger partial charge in [0.1, 0.15) is 0 Å². The van der Waals surface area contributed by atoms with Crippen LogP contribution in [0, 0.1) is 17.5 Å². The first kappa shape index (κ1) is 14.8. The second kappa shape index (κ2) is 6.24. The van der Waals surface area contributed by atoms with Gasteiger partial charge in [-0.15, -0.1) is 0 Å². The Bertz CT molecular complexity index is 602. The molecule has 1 unspecified atom stereocenters. The first-order valence-corrected chi connectivity index (χ1v) is 6.40. The third-order valence-electron chi connectivity index (χ3n) is 2.83. The fourth-order valence-electron chi connectivity index (χ4n) is 1.90. The van der Waals surface area contributed by atoms with Gasteiger partial charge in [0.15, 0.2) is 17.5 Å². The van der Waals surface area contributed by atoms with Gasteiger partial charge in [0.25, 0.3) is 0 Å². The Labute approximate surface area is 119 Å². The van der Waals surface area contributed by atoms with E-state index in [1.165, 1.54) is 12.3 Å². The van der Waals surface area contributed by atoms with Crippen molar-refractivity contribution < 1.29 is 13.2 Å². The van der Waals surface area contributed by atoms with Gasteiger partial charge in [-0.25, -0.2) is 13.2 Å². The molecule has 0 bridgehead atoms. The van der Waals surface area contributed by atoms with E-state index in [2.05, 4.69) is 10.3 Å². The highest BCUT2D eigenvalue weighted by Gasteiger charge is 2.22. The molecule has 0 aliphatic rings. The number of halogens is 4. The molecule has 1 N–H and O–H groups in total. The summed E-state index contributed by atoms with van der Waals surface area (Å²) in [6, 6.07) is 4.64. The summed E-state index contributed by atoms with van der Waals surface area (Å²) in [7, 11) is 0. The fraction of sp³-hybridized carbons (Fsp3) is 0.214. The number of rotatable bonds is 4. The topological polar surface area (TPSA) is 24.9 Å². The molecular weight excluding hydrogens is 289 g/mol.